The molecule has 1 unspecified atom stereocenters. The van der Waals surface area contributed by atoms with Crippen molar-refractivity contribution in [3.05, 3.63) is 40.0 Å². The van der Waals surface area contributed by atoms with Gasteiger partial charge in [0.2, 0.25) is 0 Å². The van der Waals surface area contributed by atoms with Crippen LogP contribution in [0.5, 0.6) is 0 Å². The van der Waals surface area contributed by atoms with E-state index in [4.69, 9.17) is 5.73 Å². The van der Waals surface area contributed by atoms with Crippen molar-refractivity contribution in [3.63, 3.8) is 0 Å². The Morgan fingerprint density at radius 3 is 2.94 bits per heavy atom. The van der Waals surface area contributed by atoms with Crippen LogP contribution in [0, 0.1) is 0 Å². The van der Waals surface area contributed by atoms with Gasteiger partial charge in [0.25, 0.3) is 5.56 Å². The smallest absolute Gasteiger partial charge is 0.266 e. The summed E-state index contributed by atoms with van der Waals surface area (Å²) in [5.41, 5.74) is 6.57. The molecule has 0 aliphatic rings. The van der Waals surface area contributed by atoms with Gasteiger partial charge < -0.3 is 5.73 Å². The summed E-state index contributed by atoms with van der Waals surface area (Å²) in [6.07, 6.45) is 0.831. The Balaban J connectivity index is 2.33. The average Bonchev–Trinajstić information content (AvgIpc) is 2.85. The highest BCUT2D eigenvalue weighted by molar-refractivity contribution is 7.13. The van der Waals surface area contributed by atoms with Gasteiger partial charge in [0.15, 0.2) is 0 Å². The van der Waals surface area contributed by atoms with Gasteiger partial charge in [0.1, 0.15) is 5.69 Å². The Kier molecular flexibility index (Phi) is 3.71. The number of aromatic nitrogens is 2. The molecule has 0 aromatic carbocycles. The van der Waals surface area contributed by atoms with Gasteiger partial charge in [-0.2, -0.15) is 5.10 Å². The van der Waals surface area contributed by atoms with E-state index in [-0.39, 0.29) is 11.6 Å². The van der Waals surface area contributed by atoms with Crippen molar-refractivity contribution in [3.8, 4) is 10.6 Å². The number of nitrogens with zero attached hydrogens (tertiary/aromatic N) is 2. The standard InChI is InChI=1S/C12H15N3OS/c1-2-9(13)8-15-12(16)6-5-10(14-15)11-4-3-7-17-11/h3-7,9H,2,8,13H2,1H3. The Bertz CT molecular complexity index is 533. The quantitative estimate of drug-likeness (QED) is 0.897. The molecule has 2 rings (SSSR count). The first kappa shape index (κ1) is 12.0. The summed E-state index contributed by atoms with van der Waals surface area (Å²) < 4.78 is 1.45. The van der Waals surface area contributed by atoms with Crippen LogP contribution >= 0.6 is 11.3 Å². The summed E-state index contributed by atoms with van der Waals surface area (Å²) >= 11 is 1.61. The number of rotatable bonds is 4. The van der Waals surface area contributed by atoms with Crippen LogP contribution in [0.2, 0.25) is 0 Å². The fourth-order valence-electron chi connectivity index (χ4n) is 1.49. The summed E-state index contributed by atoms with van der Waals surface area (Å²) in [6, 6.07) is 7.22. The highest BCUT2D eigenvalue weighted by atomic mass is 32.1. The molecule has 17 heavy (non-hydrogen) atoms. The van der Waals surface area contributed by atoms with Crippen molar-refractivity contribution in [2.24, 2.45) is 5.73 Å². The lowest BCUT2D eigenvalue weighted by Crippen LogP contribution is -2.32. The van der Waals surface area contributed by atoms with Crippen LogP contribution in [0.4, 0.5) is 0 Å². The molecule has 0 amide bonds. The van der Waals surface area contributed by atoms with Crippen molar-refractivity contribution in [2.45, 2.75) is 25.9 Å². The molecule has 2 N–H and O–H groups in total. The van der Waals surface area contributed by atoms with E-state index in [0.717, 1.165) is 17.0 Å². The fourth-order valence-corrected chi connectivity index (χ4v) is 2.18. The largest absolute Gasteiger partial charge is 0.326 e. The minimum atomic E-state index is -0.103. The third-order valence-electron chi connectivity index (χ3n) is 2.57. The summed E-state index contributed by atoms with van der Waals surface area (Å²) in [4.78, 5) is 12.7. The molecule has 0 saturated heterocycles. The van der Waals surface area contributed by atoms with Gasteiger partial charge in [-0.1, -0.05) is 13.0 Å². The van der Waals surface area contributed by atoms with Crippen molar-refractivity contribution in [2.75, 3.05) is 0 Å². The van der Waals surface area contributed by atoms with Crippen LogP contribution in [-0.2, 0) is 6.54 Å². The molecule has 0 saturated carbocycles. The van der Waals surface area contributed by atoms with Gasteiger partial charge in [-0.25, -0.2) is 4.68 Å². The number of hydrogen-bond acceptors (Lipinski definition) is 4. The highest BCUT2D eigenvalue weighted by Crippen LogP contribution is 2.20. The molecule has 0 spiro atoms. The second-order valence-corrected chi connectivity index (χ2v) is 4.83. The van der Waals surface area contributed by atoms with Gasteiger partial charge in [-0.3, -0.25) is 4.79 Å². The van der Waals surface area contributed by atoms with Crippen LogP contribution in [0.3, 0.4) is 0 Å². The van der Waals surface area contributed by atoms with E-state index in [9.17, 15) is 4.79 Å². The molecule has 5 heteroatoms. The van der Waals surface area contributed by atoms with Crippen molar-refractivity contribution < 1.29 is 0 Å². The average molecular weight is 249 g/mol. The zero-order chi connectivity index (χ0) is 12.3. The van der Waals surface area contributed by atoms with Gasteiger partial charge in [0, 0.05) is 12.1 Å². The number of hydrogen-bond donors (Lipinski definition) is 1. The first-order valence-corrected chi connectivity index (χ1v) is 6.46. The van der Waals surface area contributed by atoms with Gasteiger partial charge in [-0.05, 0) is 23.9 Å². The lowest BCUT2D eigenvalue weighted by atomic mass is 10.2. The van der Waals surface area contributed by atoms with E-state index in [1.54, 1.807) is 23.5 Å². The van der Waals surface area contributed by atoms with E-state index < -0.39 is 0 Å². The summed E-state index contributed by atoms with van der Waals surface area (Å²) in [7, 11) is 0. The molecule has 1 atom stereocenters. The number of nitrogens with two attached hydrogens (primary N) is 1. The van der Waals surface area contributed by atoms with E-state index in [0.29, 0.717) is 6.54 Å². The van der Waals surface area contributed by atoms with Gasteiger partial charge in [0.05, 0.1) is 11.4 Å². The SMILES string of the molecule is CCC(N)Cn1nc(-c2cccs2)ccc1=O. The minimum absolute atomic E-state index is 0.0289. The predicted octanol–water partition coefficient (Wildman–Crippen LogP) is 1.71. The van der Waals surface area contributed by atoms with E-state index in [1.165, 1.54) is 4.68 Å². The first-order chi connectivity index (χ1) is 8.20. The lowest BCUT2D eigenvalue weighted by molar-refractivity contribution is 0.482. The van der Waals surface area contributed by atoms with E-state index in [2.05, 4.69) is 5.10 Å². The Morgan fingerprint density at radius 2 is 2.29 bits per heavy atom. The molecule has 2 aromatic heterocycles. The van der Waals surface area contributed by atoms with Crippen molar-refractivity contribution in [1.29, 1.82) is 0 Å². The molecule has 0 aliphatic heterocycles. The molecule has 0 radical (unpaired) electrons. The highest BCUT2D eigenvalue weighted by Gasteiger charge is 2.06. The third-order valence-corrected chi connectivity index (χ3v) is 3.46. The zero-order valence-corrected chi connectivity index (χ0v) is 10.5. The summed E-state index contributed by atoms with van der Waals surface area (Å²) in [5.74, 6) is 0. The monoisotopic (exact) mass is 249 g/mol. The molecule has 2 aromatic rings. The molecule has 2 heterocycles. The maximum atomic E-state index is 11.6. The number of thiophene rings is 1. The maximum Gasteiger partial charge on any atom is 0.266 e. The minimum Gasteiger partial charge on any atom is -0.326 e. The van der Waals surface area contributed by atoms with Crippen LogP contribution in [0.25, 0.3) is 10.6 Å². The van der Waals surface area contributed by atoms with Crippen LogP contribution in [0.1, 0.15) is 13.3 Å². The predicted molar refractivity (Wildman–Crippen MR) is 70.1 cm³/mol. The van der Waals surface area contributed by atoms with Crippen LogP contribution in [-0.4, -0.2) is 15.8 Å². The van der Waals surface area contributed by atoms with E-state index in [1.807, 2.05) is 24.4 Å². The first-order valence-electron chi connectivity index (χ1n) is 5.58. The van der Waals surface area contributed by atoms with Gasteiger partial charge >= 0.3 is 0 Å². The van der Waals surface area contributed by atoms with Crippen LogP contribution in [0.15, 0.2) is 34.4 Å². The Labute approximate surface area is 104 Å². The lowest BCUT2D eigenvalue weighted by Gasteiger charge is -2.10. The normalized spacial score (nSPS) is 12.6. The molecule has 4 nitrogen and oxygen atoms in total. The summed E-state index contributed by atoms with van der Waals surface area (Å²) in [6.45, 7) is 2.47. The van der Waals surface area contributed by atoms with Crippen molar-refractivity contribution >= 4 is 11.3 Å². The van der Waals surface area contributed by atoms with Gasteiger partial charge in [-0.15, -0.1) is 11.3 Å². The maximum absolute atomic E-state index is 11.6. The molecule has 0 bridgehead atoms. The Morgan fingerprint density at radius 1 is 1.47 bits per heavy atom. The van der Waals surface area contributed by atoms with E-state index >= 15 is 0 Å². The molecular formula is C12H15N3OS. The molecule has 0 aliphatic carbocycles. The van der Waals surface area contributed by atoms with Crippen LogP contribution < -0.4 is 11.3 Å². The zero-order valence-electron chi connectivity index (χ0n) is 9.67. The topological polar surface area (TPSA) is 60.9 Å². The molecule has 0 fully saturated rings. The second kappa shape index (κ2) is 5.25. The third kappa shape index (κ3) is 2.81. The summed E-state index contributed by atoms with van der Waals surface area (Å²) in [5, 5.41) is 6.33. The second-order valence-electron chi connectivity index (χ2n) is 3.88. The molecule has 90 valence electrons. The molecular weight excluding hydrogens is 234 g/mol. The fraction of sp³-hybridized carbons (Fsp3) is 0.333. The van der Waals surface area contributed by atoms with Crippen molar-refractivity contribution in [1.82, 2.24) is 9.78 Å². The Hall–Kier alpha value is -1.46.